The molecule has 1 amide bonds. The van der Waals surface area contributed by atoms with E-state index < -0.39 is 5.60 Å². The fraction of sp³-hybridized carbons (Fsp3) is 0.379. The second kappa shape index (κ2) is 12.9. The number of carbonyl (C=O) groups is 1. The minimum Gasteiger partial charge on any atom is -0.457 e. The summed E-state index contributed by atoms with van der Waals surface area (Å²) in [7, 11) is 0. The molecule has 1 aliphatic rings. The summed E-state index contributed by atoms with van der Waals surface area (Å²) in [5, 5.41) is 12.2. The number of para-hydroxylation sites is 1. The minimum atomic E-state index is -0.553. The zero-order valence-electron chi connectivity index (χ0n) is 22.8. The number of piperidine rings is 1. The molecule has 4 rings (SSSR count). The highest BCUT2D eigenvalue weighted by molar-refractivity contribution is 6.16. The van der Waals surface area contributed by atoms with Gasteiger partial charge in [-0.25, -0.2) is 14.8 Å². The molecule has 9 nitrogen and oxygen atoms in total. The zero-order valence-corrected chi connectivity index (χ0v) is 22.8. The van der Waals surface area contributed by atoms with Crippen LogP contribution in [-0.2, 0) is 4.74 Å². The number of carbonyl (C=O) groups excluding carboxylic acids is 1. The van der Waals surface area contributed by atoms with E-state index in [4.69, 9.17) is 20.6 Å². The Morgan fingerprint density at radius 3 is 2.37 bits per heavy atom. The third-order valence-electron chi connectivity index (χ3n) is 5.66. The smallest absolute Gasteiger partial charge is 0.410 e. The summed E-state index contributed by atoms with van der Waals surface area (Å²) in [5.74, 6) is 2.08. The van der Waals surface area contributed by atoms with Crippen LogP contribution in [0.4, 0.5) is 16.4 Å². The molecule has 38 heavy (non-hydrogen) atoms. The lowest BCUT2D eigenvalue weighted by molar-refractivity contribution is 0.0206. The van der Waals surface area contributed by atoms with Gasteiger partial charge in [-0.3, -0.25) is 5.41 Å². The van der Waals surface area contributed by atoms with E-state index >= 15 is 0 Å². The van der Waals surface area contributed by atoms with E-state index in [-0.39, 0.29) is 23.7 Å². The number of rotatable bonds is 6. The summed E-state index contributed by atoms with van der Waals surface area (Å²) in [5.41, 5.74) is 6.92. The standard InChI is InChI=1S/C27H32N6O3.C2H6/c1-27(2,3)36-26(34)33-15-7-8-19(16-33)32-25-22(24(29)30-17-31-25)23(28)18-11-13-21(14-12-18)35-20-9-5-4-6-10-20;1-2/h4-6,9-14,17,19,28H,7-8,15-16H2,1-3H3,(H3,29,30,31,32);1-2H3. The molecule has 0 radical (unpaired) electrons. The number of nitrogens with two attached hydrogens (primary N) is 1. The van der Waals surface area contributed by atoms with Crippen molar-refractivity contribution in [1.29, 1.82) is 5.41 Å². The molecule has 0 saturated carbocycles. The summed E-state index contributed by atoms with van der Waals surface area (Å²) in [6.07, 6.45) is 2.72. The Hall–Kier alpha value is -4.14. The Kier molecular flexibility index (Phi) is 9.65. The molecule has 2 heterocycles. The van der Waals surface area contributed by atoms with Crippen LogP contribution in [0.5, 0.6) is 11.5 Å². The molecule has 1 aliphatic heterocycles. The normalized spacial score (nSPS) is 15.1. The molecule has 1 aromatic heterocycles. The number of hydrogen-bond acceptors (Lipinski definition) is 8. The molecular weight excluding hydrogens is 480 g/mol. The van der Waals surface area contributed by atoms with Crippen LogP contribution in [0.2, 0.25) is 0 Å². The molecule has 202 valence electrons. The van der Waals surface area contributed by atoms with E-state index in [1.165, 1.54) is 6.33 Å². The summed E-state index contributed by atoms with van der Waals surface area (Å²) in [4.78, 5) is 22.8. The third-order valence-corrected chi connectivity index (χ3v) is 5.66. The highest BCUT2D eigenvalue weighted by Crippen LogP contribution is 2.27. The first kappa shape index (κ1) is 28.4. The summed E-state index contributed by atoms with van der Waals surface area (Å²) in [6.45, 7) is 10.7. The second-order valence-electron chi connectivity index (χ2n) is 9.71. The molecule has 4 N–H and O–H groups in total. The number of likely N-dealkylation sites (tertiary alicyclic amines) is 1. The summed E-state index contributed by atoms with van der Waals surface area (Å²) >= 11 is 0. The predicted octanol–water partition coefficient (Wildman–Crippen LogP) is 6.10. The van der Waals surface area contributed by atoms with E-state index in [0.29, 0.717) is 35.8 Å². The monoisotopic (exact) mass is 518 g/mol. The molecule has 0 bridgehead atoms. The molecule has 1 fully saturated rings. The first-order chi connectivity index (χ1) is 18.2. The van der Waals surface area contributed by atoms with Gasteiger partial charge in [0, 0.05) is 24.7 Å². The van der Waals surface area contributed by atoms with Crippen LogP contribution < -0.4 is 15.8 Å². The van der Waals surface area contributed by atoms with Crippen molar-refractivity contribution >= 4 is 23.4 Å². The van der Waals surface area contributed by atoms with E-state index in [2.05, 4.69) is 15.3 Å². The van der Waals surface area contributed by atoms with Crippen molar-refractivity contribution in [3.63, 3.8) is 0 Å². The topological polar surface area (TPSA) is 126 Å². The van der Waals surface area contributed by atoms with E-state index in [0.717, 1.165) is 18.6 Å². The van der Waals surface area contributed by atoms with Gasteiger partial charge >= 0.3 is 6.09 Å². The maximum atomic E-state index is 12.6. The predicted molar refractivity (Wildman–Crippen MR) is 151 cm³/mol. The average Bonchev–Trinajstić information content (AvgIpc) is 2.90. The van der Waals surface area contributed by atoms with Crippen LogP contribution in [0.25, 0.3) is 0 Å². The zero-order chi connectivity index (χ0) is 27.7. The Morgan fingerprint density at radius 2 is 1.71 bits per heavy atom. The van der Waals surface area contributed by atoms with Gasteiger partial charge in [-0.05, 0) is 70.0 Å². The van der Waals surface area contributed by atoms with E-state index in [1.807, 2.05) is 89.2 Å². The summed E-state index contributed by atoms with van der Waals surface area (Å²) < 4.78 is 11.4. The number of nitrogens with one attached hydrogen (secondary N) is 2. The Morgan fingerprint density at radius 1 is 1.05 bits per heavy atom. The van der Waals surface area contributed by atoms with Crippen molar-refractivity contribution in [3.8, 4) is 11.5 Å². The van der Waals surface area contributed by atoms with Crippen molar-refractivity contribution in [2.24, 2.45) is 0 Å². The Balaban J connectivity index is 0.00000195. The SMILES string of the molecule is CC.CC(C)(C)OC(=O)N1CCCC(Nc2ncnc(N)c2C(=N)c2ccc(Oc3ccccc3)cc2)C1. The highest BCUT2D eigenvalue weighted by atomic mass is 16.6. The van der Waals surface area contributed by atoms with Gasteiger partial charge in [-0.2, -0.15) is 0 Å². The number of hydrogen-bond donors (Lipinski definition) is 3. The van der Waals surface area contributed by atoms with Gasteiger partial charge in [0.2, 0.25) is 0 Å². The van der Waals surface area contributed by atoms with Crippen LogP contribution >= 0.6 is 0 Å². The number of anilines is 2. The lowest BCUT2D eigenvalue weighted by Crippen LogP contribution is -2.47. The lowest BCUT2D eigenvalue weighted by atomic mass is 10.0. The number of nitrogens with zero attached hydrogens (tertiary/aromatic N) is 3. The van der Waals surface area contributed by atoms with Crippen molar-refractivity contribution < 1.29 is 14.3 Å². The van der Waals surface area contributed by atoms with Gasteiger partial charge in [0.15, 0.2) is 0 Å². The van der Waals surface area contributed by atoms with Crippen LogP contribution in [0.3, 0.4) is 0 Å². The van der Waals surface area contributed by atoms with Crippen molar-refractivity contribution in [1.82, 2.24) is 14.9 Å². The minimum absolute atomic E-state index is 0.0613. The quantitative estimate of drug-likeness (QED) is 0.336. The molecule has 9 heteroatoms. The Labute approximate surface area is 224 Å². The first-order valence-electron chi connectivity index (χ1n) is 13.0. The van der Waals surface area contributed by atoms with Crippen molar-refractivity contribution in [3.05, 3.63) is 72.1 Å². The molecule has 1 saturated heterocycles. The Bertz CT molecular complexity index is 1210. The number of benzene rings is 2. The van der Waals surface area contributed by atoms with Gasteiger partial charge in [-0.15, -0.1) is 0 Å². The van der Waals surface area contributed by atoms with Gasteiger partial charge in [-0.1, -0.05) is 32.0 Å². The highest BCUT2D eigenvalue weighted by Gasteiger charge is 2.29. The van der Waals surface area contributed by atoms with Crippen molar-refractivity contribution in [2.75, 3.05) is 24.1 Å². The van der Waals surface area contributed by atoms with Gasteiger partial charge in [0.05, 0.1) is 11.3 Å². The van der Waals surface area contributed by atoms with Crippen LogP contribution in [0, 0.1) is 5.41 Å². The lowest BCUT2D eigenvalue weighted by Gasteiger charge is -2.34. The maximum absolute atomic E-state index is 12.6. The number of amides is 1. The van der Waals surface area contributed by atoms with Gasteiger partial charge < -0.3 is 25.4 Å². The molecular formula is C29H38N6O3. The van der Waals surface area contributed by atoms with E-state index in [9.17, 15) is 4.79 Å². The maximum Gasteiger partial charge on any atom is 0.410 e. The van der Waals surface area contributed by atoms with Gasteiger partial charge in [0.1, 0.15) is 35.1 Å². The van der Waals surface area contributed by atoms with Crippen LogP contribution in [0.1, 0.15) is 58.6 Å². The molecule has 2 aromatic carbocycles. The molecule has 1 unspecified atom stereocenters. The number of ether oxygens (including phenoxy) is 2. The molecule has 0 spiro atoms. The molecule has 1 atom stereocenters. The summed E-state index contributed by atoms with van der Waals surface area (Å²) in [6, 6.07) is 16.7. The largest absolute Gasteiger partial charge is 0.457 e. The second-order valence-corrected chi connectivity index (χ2v) is 9.71. The molecule has 0 aliphatic carbocycles. The van der Waals surface area contributed by atoms with Gasteiger partial charge in [0.25, 0.3) is 0 Å². The third kappa shape index (κ3) is 7.68. The number of aromatic nitrogens is 2. The number of nitrogen functional groups attached to an aromatic ring is 1. The first-order valence-corrected chi connectivity index (χ1v) is 13.0. The average molecular weight is 519 g/mol. The van der Waals surface area contributed by atoms with Crippen LogP contribution in [0.15, 0.2) is 60.9 Å². The molecule has 3 aromatic rings. The van der Waals surface area contributed by atoms with Crippen molar-refractivity contribution in [2.45, 2.75) is 59.1 Å². The van der Waals surface area contributed by atoms with Crippen LogP contribution in [-0.4, -0.2) is 51.4 Å². The fourth-order valence-corrected chi connectivity index (χ4v) is 3.99. The fourth-order valence-electron chi connectivity index (χ4n) is 3.99. The van der Waals surface area contributed by atoms with E-state index in [1.54, 1.807) is 4.90 Å².